The van der Waals surface area contributed by atoms with E-state index in [0.717, 1.165) is 25.7 Å². The third kappa shape index (κ3) is 2.13. The van der Waals surface area contributed by atoms with Crippen LogP contribution < -0.4 is 0 Å². The Morgan fingerprint density at radius 1 is 1.08 bits per heavy atom. The van der Waals surface area contributed by atoms with Gasteiger partial charge in [0, 0.05) is 5.92 Å². The molecule has 2 heteroatoms. The Morgan fingerprint density at radius 2 is 1.88 bits per heavy atom. The fourth-order valence-electron chi connectivity index (χ4n) is 6.11. The van der Waals surface area contributed by atoms with Gasteiger partial charge in [0.15, 0.2) is 0 Å². The standard InChI is InChI=1S/C23H26O2/c1-23-11-10-17-16-7-6-15(24)12-19(16)18(14-4-2-3-5-14)13-20(17)21(23)8-9-22(23)25/h2-7,12-14,17,20-22,24-25H,8-11H2,1H3/t17-,20-,21+,22+,23+/m1/s1. The molecule has 1 aromatic rings. The molecule has 25 heavy (non-hydrogen) atoms. The minimum Gasteiger partial charge on any atom is -0.508 e. The van der Waals surface area contributed by atoms with E-state index in [1.165, 1.54) is 16.7 Å². The number of allylic oxidation sites excluding steroid dienone is 6. The molecule has 0 unspecified atom stereocenters. The molecule has 4 aliphatic carbocycles. The van der Waals surface area contributed by atoms with E-state index >= 15 is 0 Å². The van der Waals surface area contributed by atoms with Crippen molar-refractivity contribution in [2.45, 2.75) is 44.6 Å². The summed E-state index contributed by atoms with van der Waals surface area (Å²) in [4.78, 5) is 0. The number of benzene rings is 1. The lowest BCUT2D eigenvalue weighted by Crippen LogP contribution is -2.43. The molecule has 2 saturated carbocycles. The van der Waals surface area contributed by atoms with Crippen LogP contribution in [0.5, 0.6) is 5.75 Å². The topological polar surface area (TPSA) is 40.5 Å². The molecule has 0 spiro atoms. The lowest BCUT2D eigenvalue weighted by Gasteiger charge is -2.49. The number of phenols is 1. The normalized spacial score (nSPS) is 39.0. The van der Waals surface area contributed by atoms with Crippen molar-refractivity contribution in [3.8, 4) is 5.75 Å². The first-order valence-corrected chi connectivity index (χ1v) is 9.66. The molecule has 130 valence electrons. The summed E-state index contributed by atoms with van der Waals surface area (Å²) in [6.07, 6.45) is 15.4. The van der Waals surface area contributed by atoms with Crippen molar-refractivity contribution in [1.29, 1.82) is 0 Å². The van der Waals surface area contributed by atoms with Gasteiger partial charge in [0.25, 0.3) is 0 Å². The van der Waals surface area contributed by atoms with Crippen LogP contribution in [0.4, 0.5) is 0 Å². The van der Waals surface area contributed by atoms with Crippen molar-refractivity contribution in [3.05, 3.63) is 59.7 Å². The zero-order valence-electron chi connectivity index (χ0n) is 14.7. The first kappa shape index (κ1) is 15.5. The molecule has 0 aromatic heterocycles. The van der Waals surface area contributed by atoms with E-state index in [9.17, 15) is 10.2 Å². The number of aliphatic hydroxyl groups is 1. The summed E-state index contributed by atoms with van der Waals surface area (Å²) in [6.45, 7) is 2.31. The van der Waals surface area contributed by atoms with E-state index in [0.29, 0.717) is 29.4 Å². The Hall–Kier alpha value is -1.80. The van der Waals surface area contributed by atoms with Crippen molar-refractivity contribution >= 4 is 5.57 Å². The van der Waals surface area contributed by atoms with E-state index in [1.54, 1.807) is 0 Å². The highest BCUT2D eigenvalue weighted by Crippen LogP contribution is 2.61. The van der Waals surface area contributed by atoms with Gasteiger partial charge in [0.2, 0.25) is 0 Å². The van der Waals surface area contributed by atoms with Crippen LogP contribution in [0.25, 0.3) is 5.57 Å². The minimum atomic E-state index is -0.150. The van der Waals surface area contributed by atoms with Crippen LogP contribution in [0, 0.1) is 23.2 Å². The Bertz CT molecular complexity index is 790. The second kappa shape index (κ2) is 5.35. The minimum absolute atomic E-state index is 0.0680. The Labute approximate surface area is 149 Å². The van der Waals surface area contributed by atoms with Gasteiger partial charge in [-0.25, -0.2) is 0 Å². The quantitative estimate of drug-likeness (QED) is 0.774. The van der Waals surface area contributed by atoms with E-state index in [-0.39, 0.29) is 11.5 Å². The fourth-order valence-corrected chi connectivity index (χ4v) is 6.11. The summed E-state index contributed by atoms with van der Waals surface area (Å²) < 4.78 is 0. The summed E-state index contributed by atoms with van der Waals surface area (Å²) in [5.41, 5.74) is 4.03. The van der Waals surface area contributed by atoms with Crippen LogP contribution in [0.1, 0.15) is 49.7 Å². The summed E-state index contributed by atoms with van der Waals surface area (Å²) >= 11 is 0. The Balaban J connectivity index is 1.65. The molecule has 1 aromatic carbocycles. The van der Waals surface area contributed by atoms with Crippen LogP contribution >= 0.6 is 0 Å². The number of aliphatic hydroxyl groups excluding tert-OH is 1. The van der Waals surface area contributed by atoms with Crippen LogP contribution in [-0.4, -0.2) is 16.3 Å². The zero-order chi connectivity index (χ0) is 17.2. The summed E-state index contributed by atoms with van der Waals surface area (Å²) in [5.74, 6) is 2.25. The van der Waals surface area contributed by atoms with Gasteiger partial charge in [0.05, 0.1) is 6.10 Å². The van der Waals surface area contributed by atoms with E-state index in [2.05, 4.69) is 43.4 Å². The van der Waals surface area contributed by atoms with E-state index in [1.807, 2.05) is 12.1 Å². The van der Waals surface area contributed by atoms with Gasteiger partial charge >= 0.3 is 0 Å². The first-order valence-electron chi connectivity index (χ1n) is 9.66. The van der Waals surface area contributed by atoms with Gasteiger partial charge in [-0.3, -0.25) is 0 Å². The molecule has 2 fully saturated rings. The predicted octanol–water partition coefficient (Wildman–Crippen LogP) is 4.80. The van der Waals surface area contributed by atoms with Crippen molar-refractivity contribution < 1.29 is 10.2 Å². The summed E-state index contributed by atoms with van der Waals surface area (Å²) in [5, 5.41) is 20.7. The van der Waals surface area contributed by atoms with Crippen molar-refractivity contribution in [2.75, 3.05) is 0 Å². The van der Waals surface area contributed by atoms with Gasteiger partial charge < -0.3 is 10.2 Å². The lowest BCUT2D eigenvalue weighted by molar-refractivity contribution is -0.00814. The van der Waals surface area contributed by atoms with Gasteiger partial charge in [0.1, 0.15) is 5.75 Å². The molecule has 0 bridgehead atoms. The summed E-state index contributed by atoms with van der Waals surface area (Å²) in [6, 6.07) is 5.94. The average molecular weight is 334 g/mol. The average Bonchev–Trinajstić information content (AvgIpc) is 3.23. The Morgan fingerprint density at radius 3 is 2.68 bits per heavy atom. The zero-order valence-corrected chi connectivity index (χ0v) is 14.7. The Kier molecular flexibility index (Phi) is 3.31. The van der Waals surface area contributed by atoms with Crippen LogP contribution in [0.2, 0.25) is 0 Å². The number of hydrogen-bond acceptors (Lipinski definition) is 2. The smallest absolute Gasteiger partial charge is 0.116 e. The molecular formula is C23H26O2. The molecule has 5 atom stereocenters. The highest BCUT2D eigenvalue weighted by Gasteiger charge is 2.54. The van der Waals surface area contributed by atoms with Crippen LogP contribution in [0.15, 0.2) is 48.6 Å². The fraction of sp³-hybridized carbons (Fsp3) is 0.478. The molecular weight excluding hydrogens is 308 g/mol. The maximum atomic E-state index is 10.6. The largest absolute Gasteiger partial charge is 0.508 e. The highest BCUT2D eigenvalue weighted by molar-refractivity contribution is 5.77. The molecule has 5 rings (SSSR count). The SMILES string of the molecule is C[C@]12CC[C@@H]3c4ccc(O)cc4C(C4C=CC=C4)=C[C@H]3[C@@H]1CC[C@@H]2O. The van der Waals surface area contributed by atoms with E-state index < -0.39 is 0 Å². The molecule has 0 radical (unpaired) electrons. The van der Waals surface area contributed by atoms with E-state index in [4.69, 9.17) is 0 Å². The molecule has 4 aliphatic rings. The second-order valence-electron chi connectivity index (χ2n) is 8.62. The molecule has 0 saturated heterocycles. The maximum Gasteiger partial charge on any atom is 0.116 e. The van der Waals surface area contributed by atoms with Crippen LogP contribution in [0.3, 0.4) is 0 Å². The molecule has 2 nitrogen and oxygen atoms in total. The lowest BCUT2D eigenvalue weighted by atomic mass is 9.56. The third-order valence-electron chi connectivity index (χ3n) is 7.51. The van der Waals surface area contributed by atoms with Gasteiger partial charge in [-0.05, 0) is 77.7 Å². The molecule has 2 N–H and O–H groups in total. The maximum absolute atomic E-state index is 10.6. The van der Waals surface area contributed by atoms with Gasteiger partial charge in [-0.1, -0.05) is 43.4 Å². The number of hydrogen-bond donors (Lipinski definition) is 2. The van der Waals surface area contributed by atoms with Gasteiger partial charge in [-0.15, -0.1) is 0 Å². The van der Waals surface area contributed by atoms with Crippen molar-refractivity contribution in [3.63, 3.8) is 0 Å². The second-order valence-corrected chi connectivity index (χ2v) is 8.62. The third-order valence-corrected chi connectivity index (χ3v) is 7.51. The number of rotatable bonds is 1. The monoisotopic (exact) mass is 334 g/mol. The first-order chi connectivity index (χ1) is 12.1. The predicted molar refractivity (Wildman–Crippen MR) is 100 cm³/mol. The number of aromatic hydroxyl groups is 1. The summed E-state index contributed by atoms with van der Waals surface area (Å²) in [7, 11) is 0. The number of phenolic OH excluding ortho intramolecular Hbond substituents is 1. The molecule has 0 aliphatic heterocycles. The van der Waals surface area contributed by atoms with Crippen molar-refractivity contribution in [1.82, 2.24) is 0 Å². The van der Waals surface area contributed by atoms with Crippen LogP contribution in [-0.2, 0) is 0 Å². The molecule has 0 amide bonds. The van der Waals surface area contributed by atoms with Gasteiger partial charge in [-0.2, -0.15) is 0 Å². The highest BCUT2D eigenvalue weighted by atomic mass is 16.3. The number of fused-ring (bicyclic) bond motifs is 5. The van der Waals surface area contributed by atoms with Crippen molar-refractivity contribution in [2.24, 2.45) is 23.2 Å². The molecule has 0 heterocycles.